The van der Waals surface area contributed by atoms with E-state index in [1.807, 2.05) is 6.92 Å². The van der Waals surface area contributed by atoms with Crippen molar-refractivity contribution in [2.45, 2.75) is 45.1 Å². The van der Waals surface area contributed by atoms with Crippen LogP contribution in [0.3, 0.4) is 0 Å². The lowest BCUT2D eigenvalue weighted by atomic mass is 10.0. The number of rotatable bonds is 4. The van der Waals surface area contributed by atoms with Crippen LogP contribution >= 0.6 is 0 Å². The van der Waals surface area contributed by atoms with Gasteiger partial charge in [0.1, 0.15) is 0 Å². The molecule has 0 aromatic carbocycles. The van der Waals surface area contributed by atoms with Crippen LogP contribution in [0, 0.1) is 17.8 Å². The third-order valence-electron chi connectivity index (χ3n) is 3.87. The molecule has 0 aromatic heterocycles. The lowest BCUT2D eigenvalue weighted by Gasteiger charge is -2.16. The van der Waals surface area contributed by atoms with Gasteiger partial charge in [-0.25, -0.2) is 0 Å². The fourth-order valence-corrected chi connectivity index (χ4v) is 2.48. The standard InChI is InChI=1S/C12H19NO3/c1-7(8-2-3-8)11(14)13-10-5-4-9(6-10)12(15)16/h7-10H,2-6H2,1H3,(H,13,14)(H,15,16)/t7?,9-,10+/m1/s1. The zero-order valence-electron chi connectivity index (χ0n) is 9.61. The number of hydrogen-bond donors (Lipinski definition) is 2. The first-order valence-corrected chi connectivity index (χ1v) is 6.11. The summed E-state index contributed by atoms with van der Waals surface area (Å²) >= 11 is 0. The summed E-state index contributed by atoms with van der Waals surface area (Å²) in [5.74, 6) is -0.215. The number of aliphatic carboxylic acids is 1. The Hall–Kier alpha value is -1.06. The van der Waals surface area contributed by atoms with E-state index in [1.165, 1.54) is 0 Å². The van der Waals surface area contributed by atoms with Gasteiger partial charge in [-0.2, -0.15) is 0 Å². The summed E-state index contributed by atoms with van der Waals surface area (Å²) in [6.45, 7) is 1.97. The maximum absolute atomic E-state index is 11.8. The van der Waals surface area contributed by atoms with Gasteiger partial charge in [0, 0.05) is 12.0 Å². The number of carboxylic acids is 1. The van der Waals surface area contributed by atoms with Gasteiger partial charge in [-0.15, -0.1) is 0 Å². The summed E-state index contributed by atoms with van der Waals surface area (Å²) in [5.41, 5.74) is 0. The molecule has 3 atom stereocenters. The van der Waals surface area contributed by atoms with E-state index in [-0.39, 0.29) is 23.8 Å². The van der Waals surface area contributed by atoms with Crippen LogP contribution in [0.1, 0.15) is 39.0 Å². The van der Waals surface area contributed by atoms with Crippen molar-refractivity contribution >= 4 is 11.9 Å². The minimum absolute atomic E-state index is 0.0785. The van der Waals surface area contributed by atoms with Gasteiger partial charge in [-0.05, 0) is 38.0 Å². The summed E-state index contributed by atoms with van der Waals surface area (Å²) in [6.07, 6.45) is 4.42. The van der Waals surface area contributed by atoms with Crippen LogP contribution in [0.5, 0.6) is 0 Å². The topological polar surface area (TPSA) is 66.4 Å². The molecule has 90 valence electrons. The maximum atomic E-state index is 11.8. The van der Waals surface area contributed by atoms with Gasteiger partial charge < -0.3 is 10.4 Å². The molecule has 0 aromatic rings. The quantitative estimate of drug-likeness (QED) is 0.760. The van der Waals surface area contributed by atoms with Crippen molar-refractivity contribution in [2.75, 3.05) is 0 Å². The highest BCUT2D eigenvalue weighted by Gasteiger charge is 2.35. The number of hydrogen-bond acceptors (Lipinski definition) is 2. The van der Waals surface area contributed by atoms with E-state index in [1.54, 1.807) is 0 Å². The molecule has 4 heteroatoms. The van der Waals surface area contributed by atoms with Crippen molar-refractivity contribution in [1.29, 1.82) is 0 Å². The summed E-state index contributed by atoms with van der Waals surface area (Å²) in [7, 11) is 0. The lowest BCUT2D eigenvalue weighted by molar-refractivity contribution is -0.141. The van der Waals surface area contributed by atoms with Crippen molar-refractivity contribution in [3.8, 4) is 0 Å². The van der Waals surface area contributed by atoms with Crippen molar-refractivity contribution in [3.63, 3.8) is 0 Å². The van der Waals surface area contributed by atoms with Crippen LogP contribution in [0.15, 0.2) is 0 Å². The van der Waals surface area contributed by atoms with E-state index in [0.717, 1.165) is 19.3 Å². The van der Waals surface area contributed by atoms with E-state index >= 15 is 0 Å². The fraction of sp³-hybridized carbons (Fsp3) is 0.833. The zero-order valence-corrected chi connectivity index (χ0v) is 9.61. The monoisotopic (exact) mass is 225 g/mol. The molecule has 2 saturated carbocycles. The van der Waals surface area contributed by atoms with E-state index in [2.05, 4.69) is 5.32 Å². The highest BCUT2D eigenvalue weighted by atomic mass is 16.4. The first kappa shape index (κ1) is 11.4. The molecule has 2 N–H and O–H groups in total. The molecule has 0 radical (unpaired) electrons. The van der Waals surface area contributed by atoms with Crippen LogP contribution in [0.2, 0.25) is 0 Å². The van der Waals surface area contributed by atoms with Crippen LogP contribution in [-0.2, 0) is 9.59 Å². The Bertz CT molecular complexity index is 299. The molecule has 2 fully saturated rings. The second-order valence-corrected chi connectivity index (χ2v) is 5.18. The van der Waals surface area contributed by atoms with Gasteiger partial charge in [0.25, 0.3) is 0 Å². The van der Waals surface area contributed by atoms with Crippen molar-refractivity contribution < 1.29 is 14.7 Å². The lowest BCUT2D eigenvalue weighted by Crippen LogP contribution is -2.37. The summed E-state index contributed by atoms with van der Waals surface area (Å²) in [4.78, 5) is 22.6. The zero-order chi connectivity index (χ0) is 11.7. The number of carbonyl (C=O) groups excluding carboxylic acids is 1. The van der Waals surface area contributed by atoms with Crippen LogP contribution in [0.25, 0.3) is 0 Å². The first-order chi connectivity index (χ1) is 7.58. The Balaban J connectivity index is 1.77. The molecule has 0 bridgehead atoms. The number of carbonyl (C=O) groups is 2. The van der Waals surface area contributed by atoms with Crippen LogP contribution < -0.4 is 5.32 Å². The second kappa shape index (κ2) is 4.44. The largest absolute Gasteiger partial charge is 0.481 e. The molecule has 0 aliphatic heterocycles. The maximum Gasteiger partial charge on any atom is 0.306 e. The fourth-order valence-electron chi connectivity index (χ4n) is 2.48. The highest BCUT2D eigenvalue weighted by Crippen LogP contribution is 2.37. The van der Waals surface area contributed by atoms with Crippen LogP contribution in [0.4, 0.5) is 0 Å². The highest BCUT2D eigenvalue weighted by molar-refractivity contribution is 5.79. The van der Waals surface area contributed by atoms with Crippen LogP contribution in [-0.4, -0.2) is 23.0 Å². The van der Waals surface area contributed by atoms with Gasteiger partial charge in [0.05, 0.1) is 5.92 Å². The molecule has 4 nitrogen and oxygen atoms in total. The number of carboxylic acid groups (broad SMARTS) is 1. The molecule has 0 heterocycles. The minimum atomic E-state index is -0.730. The molecular formula is C12H19NO3. The van der Waals surface area contributed by atoms with Crippen molar-refractivity contribution in [1.82, 2.24) is 5.32 Å². The Morgan fingerprint density at radius 2 is 1.94 bits per heavy atom. The van der Waals surface area contributed by atoms with E-state index in [9.17, 15) is 9.59 Å². The van der Waals surface area contributed by atoms with E-state index in [4.69, 9.17) is 5.11 Å². The smallest absolute Gasteiger partial charge is 0.306 e. The van der Waals surface area contributed by atoms with E-state index in [0.29, 0.717) is 18.8 Å². The second-order valence-electron chi connectivity index (χ2n) is 5.18. The number of nitrogens with one attached hydrogen (secondary N) is 1. The minimum Gasteiger partial charge on any atom is -0.481 e. The molecule has 2 aliphatic rings. The summed E-state index contributed by atoms with van der Waals surface area (Å²) < 4.78 is 0. The van der Waals surface area contributed by atoms with Gasteiger partial charge in [0.15, 0.2) is 0 Å². The van der Waals surface area contributed by atoms with E-state index < -0.39 is 5.97 Å². The van der Waals surface area contributed by atoms with Gasteiger partial charge in [-0.3, -0.25) is 9.59 Å². The molecule has 0 saturated heterocycles. The molecule has 2 aliphatic carbocycles. The molecule has 1 unspecified atom stereocenters. The Labute approximate surface area is 95.4 Å². The van der Waals surface area contributed by atoms with Crippen molar-refractivity contribution in [3.05, 3.63) is 0 Å². The third-order valence-corrected chi connectivity index (χ3v) is 3.87. The predicted molar refractivity (Wildman–Crippen MR) is 58.8 cm³/mol. The molecule has 2 rings (SSSR count). The number of amides is 1. The Kier molecular flexibility index (Phi) is 3.17. The average molecular weight is 225 g/mol. The summed E-state index contributed by atoms with van der Waals surface area (Å²) in [5, 5.41) is 11.8. The summed E-state index contributed by atoms with van der Waals surface area (Å²) in [6, 6.07) is 0.0785. The Morgan fingerprint density at radius 3 is 2.44 bits per heavy atom. The molecule has 1 amide bonds. The molecular weight excluding hydrogens is 206 g/mol. The normalized spacial score (nSPS) is 31.1. The SMILES string of the molecule is CC(C(=O)N[C@H]1CC[C@@H](C(=O)O)C1)C1CC1. The van der Waals surface area contributed by atoms with Gasteiger partial charge in [0.2, 0.25) is 5.91 Å². The third kappa shape index (κ3) is 2.54. The molecule has 0 spiro atoms. The van der Waals surface area contributed by atoms with Crippen molar-refractivity contribution in [2.24, 2.45) is 17.8 Å². The average Bonchev–Trinajstić information content (AvgIpc) is 2.97. The molecule has 16 heavy (non-hydrogen) atoms. The first-order valence-electron chi connectivity index (χ1n) is 6.11. The Morgan fingerprint density at radius 1 is 1.25 bits per heavy atom. The predicted octanol–water partition coefficient (Wildman–Crippen LogP) is 1.40. The van der Waals surface area contributed by atoms with Gasteiger partial charge in [-0.1, -0.05) is 6.92 Å². The van der Waals surface area contributed by atoms with Gasteiger partial charge >= 0.3 is 5.97 Å².